The maximum absolute atomic E-state index is 13.8. The quantitative estimate of drug-likeness (QED) is 0.720. The highest BCUT2D eigenvalue weighted by Crippen LogP contribution is 2.23. The van der Waals surface area contributed by atoms with Gasteiger partial charge in [-0.3, -0.25) is 9.69 Å². The van der Waals surface area contributed by atoms with Gasteiger partial charge < -0.3 is 9.84 Å². The summed E-state index contributed by atoms with van der Waals surface area (Å²) >= 11 is 0. The van der Waals surface area contributed by atoms with Crippen molar-refractivity contribution in [3.05, 3.63) is 77.6 Å². The van der Waals surface area contributed by atoms with Gasteiger partial charge in [0.15, 0.2) is 5.76 Å². The fourth-order valence-corrected chi connectivity index (χ4v) is 2.82. The van der Waals surface area contributed by atoms with Crippen LogP contribution < -0.4 is 5.32 Å². The molecule has 140 valence electrons. The minimum Gasteiger partial charge on any atom is -0.359 e. The maximum Gasteiger partial charge on any atom is 0.242 e. The lowest BCUT2D eigenvalue weighted by Crippen LogP contribution is -2.36. The zero-order valence-corrected chi connectivity index (χ0v) is 14.9. The van der Waals surface area contributed by atoms with E-state index in [1.54, 1.807) is 55.4 Å². The number of nitrogens with one attached hydrogen (secondary N) is 1. The molecule has 1 atom stereocenters. The molecule has 0 radical (unpaired) electrons. The summed E-state index contributed by atoms with van der Waals surface area (Å²) in [7, 11) is 3.47. The Morgan fingerprint density at radius 1 is 1.15 bits per heavy atom. The Hall–Kier alpha value is -3.06. The lowest BCUT2D eigenvalue weighted by molar-refractivity contribution is -0.126. The Kier molecular flexibility index (Phi) is 5.61. The van der Waals surface area contributed by atoms with Crippen LogP contribution in [0.1, 0.15) is 17.4 Å². The number of carbonyl (C=O) groups excluding carboxylic acids is 1. The van der Waals surface area contributed by atoms with Crippen molar-refractivity contribution in [2.24, 2.45) is 0 Å². The van der Waals surface area contributed by atoms with E-state index in [4.69, 9.17) is 4.52 Å². The topological polar surface area (TPSA) is 58.4 Å². The van der Waals surface area contributed by atoms with Crippen LogP contribution in [0.15, 0.2) is 59.1 Å². The van der Waals surface area contributed by atoms with Gasteiger partial charge in [0.2, 0.25) is 5.91 Å². The number of halogens is 2. The third-order valence-corrected chi connectivity index (χ3v) is 4.07. The summed E-state index contributed by atoms with van der Waals surface area (Å²) < 4.78 is 32.5. The summed E-state index contributed by atoms with van der Waals surface area (Å²) in [5.41, 5.74) is 1.22. The van der Waals surface area contributed by atoms with E-state index in [2.05, 4.69) is 10.5 Å². The van der Waals surface area contributed by atoms with Gasteiger partial charge in [0, 0.05) is 11.6 Å². The van der Waals surface area contributed by atoms with Crippen LogP contribution in [0.3, 0.4) is 0 Å². The van der Waals surface area contributed by atoms with Gasteiger partial charge in [-0.05, 0) is 43.9 Å². The van der Waals surface area contributed by atoms with Crippen LogP contribution in [0.5, 0.6) is 0 Å². The van der Waals surface area contributed by atoms with Crippen molar-refractivity contribution in [2.75, 3.05) is 14.1 Å². The van der Waals surface area contributed by atoms with Crippen molar-refractivity contribution in [3.63, 3.8) is 0 Å². The van der Waals surface area contributed by atoms with E-state index in [0.29, 0.717) is 22.6 Å². The Morgan fingerprint density at radius 2 is 1.93 bits per heavy atom. The minimum atomic E-state index is -0.658. The number of aromatic nitrogens is 1. The summed E-state index contributed by atoms with van der Waals surface area (Å²) in [6.07, 6.45) is 0. The second kappa shape index (κ2) is 8.09. The third kappa shape index (κ3) is 4.38. The molecular weight excluding hydrogens is 352 g/mol. The zero-order valence-electron chi connectivity index (χ0n) is 14.9. The molecule has 0 bridgehead atoms. The number of hydrogen-bond acceptors (Lipinski definition) is 4. The van der Waals surface area contributed by atoms with E-state index in [0.717, 1.165) is 0 Å². The molecule has 1 unspecified atom stereocenters. The highest BCUT2D eigenvalue weighted by molar-refractivity contribution is 5.83. The van der Waals surface area contributed by atoms with E-state index in [-0.39, 0.29) is 12.5 Å². The number of carbonyl (C=O) groups is 1. The van der Waals surface area contributed by atoms with E-state index in [1.165, 1.54) is 18.2 Å². The van der Waals surface area contributed by atoms with Gasteiger partial charge in [-0.1, -0.05) is 29.4 Å². The number of benzene rings is 2. The van der Waals surface area contributed by atoms with Crippen LogP contribution in [0, 0.1) is 11.6 Å². The molecule has 1 amide bonds. The third-order valence-electron chi connectivity index (χ3n) is 4.07. The summed E-state index contributed by atoms with van der Waals surface area (Å²) in [5, 5.41) is 6.60. The summed E-state index contributed by atoms with van der Waals surface area (Å²) in [6.45, 7) is 0.0833. The molecule has 3 aromatic rings. The van der Waals surface area contributed by atoms with Gasteiger partial charge in [0.1, 0.15) is 23.4 Å². The molecule has 0 spiro atoms. The number of rotatable bonds is 6. The normalized spacial score (nSPS) is 12.2. The predicted octanol–water partition coefficient (Wildman–Crippen LogP) is 3.54. The van der Waals surface area contributed by atoms with Gasteiger partial charge in [0.05, 0.1) is 6.54 Å². The molecule has 0 saturated carbocycles. The molecule has 0 fully saturated rings. The number of hydrogen-bond donors (Lipinski definition) is 1. The largest absolute Gasteiger partial charge is 0.359 e. The van der Waals surface area contributed by atoms with Crippen molar-refractivity contribution < 1.29 is 18.1 Å². The lowest BCUT2D eigenvalue weighted by Gasteiger charge is -2.23. The van der Waals surface area contributed by atoms with Crippen LogP contribution in [0.25, 0.3) is 11.3 Å². The van der Waals surface area contributed by atoms with Crippen molar-refractivity contribution in [1.29, 1.82) is 0 Å². The first-order valence-corrected chi connectivity index (χ1v) is 8.36. The SMILES string of the molecule is CN(C)C(C(=O)NCc1cc(-c2ccccc2F)no1)c1cccc(F)c1. The summed E-state index contributed by atoms with van der Waals surface area (Å²) in [4.78, 5) is 14.3. The van der Waals surface area contributed by atoms with Gasteiger partial charge in [0.25, 0.3) is 0 Å². The van der Waals surface area contributed by atoms with Gasteiger partial charge in [-0.2, -0.15) is 0 Å². The summed E-state index contributed by atoms with van der Waals surface area (Å²) in [6, 6.07) is 13.1. The number of amides is 1. The van der Waals surface area contributed by atoms with Crippen molar-refractivity contribution in [3.8, 4) is 11.3 Å². The molecule has 3 rings (SSSR count). The zero-order chi connectivity index (χ0) is 19.4. The Bertz CT molecular complexity index is 940. The van der Waals surface area contributed by atoms with Crippen molar-refractivity contribution >= 4 is 5.91 Å². The molecule has 1 N–H and O–H groups in total. The van der Waals surface area contributed by atoms with Crippen LogP contribution >= 0.6 is 0 Å². The summed E-state index contributed by atoms with van der Waals surface area (Å²) in [5.74, 6) is -0.732. The number of nitrogens with zero attached hydrogens (tertiary/aromatic N) is 2. The van der Waals surface area contributed by atoms with Gasteiger partial charge in [-0.25, -0.2) is 8.78 Å². The highest BCUT2D eigenvalue weighted by Gasteiger charge is 2.23. The maximum atomic E-state index is 13.8. The fraction of sp³-hybridized carbons (Fsp3) is 0.200. The molecule has 7 heteroatoms. The first-order chi connectivity index (χ1) is 13.0. The minimum absolute atomic E-state index is 0.0833. The van der Waals surface area contributed by atoms with Crippen molar-refractivity contribution in [1.82, 2.24) is 15.4 Å². The molecule has 0 aliphatic rings. The fourth-order valence-electron chi connectivity index (χ4n) is 2.82. The van der Waals surface area contributed by atoms with Gasteiger partial charge >= 0.3 is 0 Å². The lowest BCUT2D eigenvalue weighted by atomic mass is 10.1. The molecule has 27 heavy (non-hydrogen) atoms. The van der Waals surface area contributed by atoms with E-state index in [9.17, 15) is 13.6 Å². The molecule has 1 aromatic heterocycles. The average molecular weight is 371 g/mol. The van der Waals surface area contributed by atoms with Crippen LogP contribution in [0.2, 0.25) is 0 Å². The average Bonchev–Trinajstić information content (AvgIpc) is 3.09. The second-order valence-corrected chi connectivity index (χ2v) is 6.30. The van der Waals surface area contributed by atoms with E-state index in [1.807, 2.05) is 0 Å². The molecule has 0 aliphatic carbocycles. The molecule has 2 aromatic carbocycles. The highest BCUT2D eigenvalue weighted by atomic mass is 19.1. The molecule has 5 nitrogen and oxygen atoms in total. The first-order valence-electron chi connectivity index (χ1n) is 8.36. The van der Waals surface area contributed by atoms with E-state index < -0.39 is 17.7 Å². The van der Waals surface area contributed by atoms with Crippen molar-refractivity contribution in [2.45, 2.75) is 12.6 Å². The first kappa shape index (κ1) is 18.7. The molecule has 0 aliphatic heterocycles. The second-order valence-electron chi connectivity index (χ2n) is 6.30. The van der Waals surface area contributed by atoms with Gasteiger partial charge in [-0.15, -0.1) is 0 Å². The monoisotopic (exact) mass is 371 g/mol. The van der Waals surface area contributed by atoms with Crippen LogP contribution in [0.4, 0.5) is 8.78 Å². The van der Waals surface area contributed by atoms with Crippen LogP contribution in [-0.4, -0.2) is 30.1 Å². The molecule has 0 saturated heterocycles. The Morgan fingerprint density at radius 3 is 2.63 bits per heavy atom. The standard InChI is InChI=1S/C20H19F2N3O2/c1-25(2)19(13-6-5-7-14(21)10-13)20(26)23-12-15-11-18(24-27-15)16-8-3-4-9-17(16)22/h3-11,19H,12H2,1-2H3,(H,23,26). The van der Waals surface area contributed by atoms with Crippen LogP contribution in [-0.2, 0) is 11.3 Å². The Balaban J connectivity index is 1.70. The molecule has 1 heterocycles. The number of likely N-dealkylation sites (N-methyl/N-ethyl adjacent to an activating group) is 1. The predicted molar refractivity (Wildman–Crippen MR) is 96.6 cm³/mol. The van der Waals surface area contributed by atoms with E-state index >= 15 is 0 Å². The smallest absolute Gasteiger partial charge is 0.242 e. The molecular formula is C20H19F2N3O2. The Labute approximate surface area is 155 Å².